The van der Waals surface area contributed by atoms with E-state index in [0.717, 1.165) is 16.0 Å². The van der Waals surface area contributed by atoms with Gasteiger partial charge >= 0.3 is 5.97 Å². The predicted molar refractivity (Wildman–Crippen MR) is 71.3 cm³/mol. The Labute approximate surface area is 119 Å². The molecule has 108 valence electrons. The van der Waals surface area contributed by atoms with Crippen molar-refractivity contribution in [2.75, 3.05) is 0 Å². The molecule has 0 saturated heterocycles. The Morgan fingerprint density at radius 3 is 2.70 bits per heavy atom. The molecule has 0 saturated carbocycles. The highest BCUT2D eigenvalue weighted by Gasteiger charge is 2.23. The smallest absolute Gasteiger partial charge is 0.371 e. The molecule has 2 aromatic heterocycles. The largest absolute Gasteiger partial charge is 0.475 e. The standard InChI is InChI=1S/C11H12N2O5S2/c1-6-10(3-9(18-6)11(14)15)20(16,17)13-5-8-4-12-7(2)19-8/h3-4,13H,5H2,1-2H3,(H,14,15). The normalized spacial score (nSPS) is 11.7. The van der Waals surface area contributed by atoms with Gasteiger partial charge in [0, 0.05) is 23.7 Å². The lowest BCUT2D eigenvalue weighted by atomic mass is 10.4. The molecule has 0 spiro atoms. The first-order chi connectivity index (χ1) is 9.29. The van der Waals surface area contributed by atoms with E-state index in [9.17, 15) is 13.2 Å². The van der Waals surface area contributed by atoms with Crippen LogP contribution in [0.1, 0.15) is 26.2 Å². The molecular formula is C11H12N2O5S2. The molecule has 2 rings (SSSR count). The molecule has 0 aliphatic heterocycles. The van der Waals surface area contributed by atoms with Gasteiger partial charge in [-0.15, -0.1) is 11.3 Å². The number of aromatic nitrogens is 1. The Hall–Kier alpha value is -1.71. The maximum atomic E-state index is 12.1. The van der Waals surface area contributed by atoms with E-state index in [1.807, 2.05) is 6.92 Å². The second-order valence-corrected chi connectivity index (χ2v) is 7.06. The van der Waals surface area contributed by atoms with E-state index in [1.54, 1.807) is 6.20 Å². The minimum atomic E-state index is -3.82. The third kappa shape index (κ3) is 3.06. The lowest BCUT2D eigenvalue weighted by Gasteiger charge is -2.03. The van der Waals surface area contributed by atoms with Crippen LogP contribution in [0.3, 0.4) is 0 Å². The van der Waals surface area contributed by atoms with Crippen molar-refractivity contribution in [3.05, 3.63) is 33.7 Å². The van der Waals surface area contributed by atoms with Gasteiger partial charge in [0.1, 0.15) is 10.7 Å². The van der Waals surface area contributed by atoms with E-state index < -0.39 is 21.8 Å². The summed E-state index contributed by atoms with van der Waals surface area (Å²) in [6.45, 7) is 3.32. The first-order valence-electron chi connectivity index (χ1n) is 5.54. The summed E-state index contributed by atoms with van der Waals surface area (Å²) in [7, 11) is -3.82. The molecule has 0 radical (unpaired) electrons. The number of sulfonamides is 1. The highest BCUT2D eigenvalue weighted by molar-refractivity contribution is 7.89. The van der Waals surface area contributed by atoms with Crippen LogP contribution in [0.4, 0.5) is 0 Å². The van der Waals surface area contributed by atoms with Crippen molar-refractivity contribution in [2.24, 2.45) is 0 Å². The molecule has 2 aromatic rings. The van der Waals surface area contributed by atoms with E-state index >= 15 is 0 Å². The SMILES string of the molecule is Cc1ncc(CNS(=O)(=O)c2cc(C(=O)O)oc2C)s1. The summed E-state index contributed by atoms with van der Waals surface area (Å²) in [5.41, 5.74) is 0. The fraction of sp³-hybridized carbons (Fsp3) is 0.273. The van der Waals surface area contributed by atoms with Crippen LogP contribution < -0.4 is 4.72 Å². The van der Waals surface area contributed by atoms with Gasteiger partial charge in [0.2, 0.25) is 15.8 Å². The second kappa shape index (κ2) is 5.35. The van der Waals surface area contributed by atoms with Gasteiger partial charge < -0.3 is 9.52 Å². The molecule has 0 aliphatic carbocycles. The van der Waals surface area contributed by atoms with E-state index in [-0.39, 0.29) is 17.2 Å². The van der Waals surface area contributed by atoms with Crippen molar-refractivity contribution in [3.8, 4) is 0 Å². The number of furan rings is 1. The maximum Gasteiger partial charge on any atom is 0.371 e. The summed E-state index contributed by atoms with van der Waals surface area (Å²) < 4.78 is 31.5. The van der Waals surface area contributed by atoms with E-state index in [0.29, 0.717) is 0 Å². The minimum Gasteiger partial charge on any atom is -0.475 e. The number of nitrogens with one attached hydrogen (secondary N) is 1. The average Bonchev–Trinajstić information content (AvgIpc) is 2.93. The van der Waals surface area contributed by atoms with Crippen LogP contribution in [0.2, 0.25) is 0 Å². The molecule has 0 atom stereocenters. The number of hydrogen-bond donors (Lipinski definition) is 2. The quantitative estimate of drug-likeness (QED) is 0.865. The number of nitrogens with zero attached hydrogens (tertiary/aromatic N) is 1. The Morgan fingerprint density at radius 2 is 2.20 bits per heavy atom. The Morgan fingerprint density at radius 1 is 1.50 bits per heavy atom. The van der Waals surface area contributed by atoms with Crippen molar-refractivity contribution in [2.45, 2.75) is 25.3 Å². The van der Waals surface area contributed by atoms with Crippen LogP contribution in [0, 0.1) is 13.8 Å². The Bertz CT molecular complexity index is 745. The van der Waals surface area contributed by atoms with Crippen molar-refractivity contribution >= 4 is 27.3 Å². The zero-order valence-corrected chi connectivity index (χ0v) is 12.3. The lowest BCUT2D eigenvalue weighted by Crippen LogP contribution is -2.23. The van der Waals surface area contributed by atoms with Gasteiger partial charge in [-0.25, -0.2) is 22.9 Å². The monoisotopic (exact) mass is 316 g/mol. The first kappa shape index (κ1) is 14.7. The zero-order chi connectivity index (χ0) is 14.9. The highest BCUT2D eigenvalue weighted by Crippen LogP contribution is 2.20. The summed E-state index contributed by atoms with van der Waals surface area (Å²) in [4.78, 5) is 15.4. The highest BCUT2D eigenvalue weighted by atomic mass is 32.2. The molecule has 2 heterocycles. The van der Waals surface area contributed by atoms with Gasteiger partial charge in [-0.1, -0.05) is 0 Å². The summed E-state index contributed by atoms with van der Waals surface area (Å²) in [6.07, 6.45) is 1.59. The molecule has 0 bridgehead atoms. The molecule has 7 nitrogen and oxygen atoms in total. The van der Waals surface area contributed by atoms with E-state index in [2.05, 4.69) is 9.71 Å². The summed E-state index contributed by atoms with van der Waals surface area (Å²) >= 11 is 1.38. The Balaban J connectivity index is 2.20. The molecule has 20 heavy (non-hydrogen) atoms. The number of aryl methyl sites for hydroxylation is 2. The van der Waals surface area contributed by atoms with E-state index in [4.69, 9.17) is 9.52 Å². The minimum absolute atomic E-state index is 0.0374. The third-order valence-electron chi connectivity index (χ3n) is 2.48. The molecule has 0 unspecified atom stereocenters. The number of carboxylic acids is 1. The van der Waals surface area contributed by atoms with Gasteiger partial charge in [0.05, 0.1) is 5.01 Å². The van der Waals surface area contributed by atoms with Gasteiger partial charge in [-0.05, 0) is 13.8 Å². The van der Waals surface area contributed by atoms with Gasteiger partial charge in [-0.3, -0.25) is 0 Å². The van der Waals surface area contributed by atoms with Crippen molar-refractivity contribution < 1.29 is 22.7 Å². The lowest BCUT2D eigenvalue weighted by molar-refractivity contribution is 0.0661. The Kier molecular flexibility index (Phi) is 3.93. The maximum absolute atomic E-state index is 12.1. The van der Waals surface area contributed by atoms with Crippen LogP contribution in [0.25, 0.3) is 0 Å². The summed E-state index contributed by atoms with van der Waals surface area (Å²) in [5, 5.41) is 9.62. The van der Waals surface area contributed by atoms with Crippen LogP contribution in [-0.4, -0.2) is 24.5 Å². The van der Waals surface area contributed by atoms with Crippen molar-refractivity contribution in [1.29, 1.82) is 0 Å². The molecule has 0 aromatic carbocycles. The van der Waals surface area contributed by atoms with Crippen LogP contribution >= 0.6 is 11.3 Å². The molecular weight excluding hydrogens is 304 g/mol. The summed E-state index contributed by atoms with van der Waals surface area (Å²) in [5.74, 6) is -1.68. The number of hydrogen-bond acceptors (Lipinski definition) is 6. The molecule has 0 aliphatic rings. The molecule has 0 fully saturated rings. The van der Waals surface area contributed by atoms with Gasteiger partial charge in [-0.2, -0.15) is 0 Å². The number of thiazole rings is 1. The molecule has 2 N–H and O–H groups in total. The van der Waals surface area contributed by atoms with Crippen LogP contribution in [-0.2, 0) is 16.6 Å². The topological polar surface area (TPSA) is 110 Å². The van der Waals surface area contributed by atoms with Crippen LogP contribution in [0.5, 0.6) is 0 Å². The fourth-order valence-corrected chi connectivity index (χ4v) is 3.58. The molecule has 0 amide bonds. The average molecular weight is 316 g/mol. The van der Waals surface area contributed by atoms with Crippen molar-refractivity contribution in [3.63, 3.8) is 0 Å². The number of aromatic carboxylic acids is 1. The fourth-order valence-electron chi connectivity index (χ4n) is 1.57. The van der Waals surface area contributed by atoms with Crippen molar-refractivity contribution in [1.82, 2.24) is 9.71 Å². The van der Waals surface area contributed by atoms with Gasteiger partial charge in [0.15, 0.2) is 0 Å². The third-order valence-corrected chi connectivity index (χ3v) is 4.90. The van der Waals surface area contributed by atoms with Crippen LogP contribution in [0.15, 0.2) is 21.6 Å². The molecule has 9 heteroatoms. The van der Waals surface area contributed by atoms with Gasteiger partial charge in [0.25, 0.3) is 0 Å². The second-order valence-electron chi connectivity index (χ2n) is 4.01. The van der Waals surface area contributed by atoms with E-state index in [1.165, 1.54) is 18.3 Å². The number of carboxylic acid groups (broad SMARTS) is 1. The number of carbonyl (C=O) groups is 1. The zero-order valence-electron chi connectivity index (χ0n) is 10.7. The first-order valence-corrected chi connectivity index (χ1v) is 7.84. The number of rotatable bonds is 5. The predicted octanol–water partition coefficient (Wildman–Crippen LogP) is 1.53. The summed E-state index contributed by atoms with van der Waals surface area (Å²) in [6, 6.07) is 0.998.